The Balaban J connectivity index is 1.64. The molecule has 0 spiro atoms. The summed E-state index contributed by atoms with van der Waals surface area (Å²) >= 11 is 6.16. The number of halogens is 4. The second-order valence-corrected chi connectivity index (χ2v) is 9.65. The van der Waals surface area contributed by atoms with Gasteiger partial charge < -0.3 is 20.5 Å². The lowest BCUT2D eigenvalue weighted by Gasteiger charge is -2.20. The molecule has 0 radical (unpaired) electrons. The molecule has 0 aliphatic rings. The standard InChI is InChI=1S/C29H31ClF3N3O4/c1-3-4-5-22(36-21-9-6-19(7-10-21)28(39)34-15-14-27(37)38)17-40-26-13-12-23(18(2)35-26)24-11-8-20(16-25(24)30)29(31,32)33/h6-13,16,22,36H,3-5,14-15,17H2,1-2H3,(H,34,39)(H,37,38). The van der Waals surface area contributed by atoms with Crippen LogP contribution in [-0.4, -0.2) is 41.2 Å². The van der Waals surface area contributed by atoms with Crippen molar-refractivity contribution in [1.82, 2.24) is 10.3 Å². The zero-order chi connectivity index (χ0) is 29.3. The number of nitrogens with one attached hydrogen (secondary N) is 2. The number of anilines is 1. The Hall–Kier alpha value is -3.79. The number of hydrogen-bond donors (Lipinski definition) is 3. The number of unbranched alkanes of at least 4 members (excludes halogenated alkanes) is 1. The molecule has 0 bridgehead atoms. The lowest BCUT2D eigenvalue weighted by atomic mass is 10.0. The summed E-state index contributed by atoms with van der Waals surface area (Å²) in [7, 11) is 0. The molecule has 214 valence electrons. The number of aromatic nitrogens is 1. The molecule has 0 aliphatic heterocycles. The summed E-state index contributed by atoms with van der Waals surface area (Å²) in [5, 5.41) is 14.7. The molecule has 1 aromatic heterocycles. The number of hydrogen-bond acceptors (Lipinski definition) is 5. The van der Waals surface area contributed by atoms with E-state index in [4.69, 9.17) is 21.4 Å². The molecule has 1 amide bonds. The molecule has 1 heterocycles. The average Bonchev–Trinajstić information content (AvgIpc) is 2.90. The first-order valence-corrected chi connectivity index (χ1v) is 13.2. The number of ether oxygens (including phenoxy) is 1. The van der Waals surface area contributed by atoms with Gasteiger partial charge in [-0.15, -0.1) is 0 Å². The third-order valence-electron chi connectivity index (χ3n) is 6.13. The molecular weight excluding hydrogens is 547 g/mol. The molecule has 1 unspecified atom stereocenters. The predicted octanol–water partition coefficient (Wildman–Crippen LogP) is 6.98. The number of alkyl halides is 3. The van der Waals surface area contributed by atoms with Crippen molar-refractivity contribution in [2.45, 2.75) is 51.7 Å². The number of amides is 1. The highest BCUT2D eigenvalue weighted by Gasteiger charge is 2.31. The van der Waals surface area contributed by atoms with Crippen molar-refractivity contribution in [3.05, 3.63) is 76.4 Å². The van der Waals surface area contributed by atoms with E-state index in [1.165, 1.54) is 6.07 Å². The van der Waals surface area contributed by atoms with Crippen molar-refractivity contribution >= 4 is 29.2 Å². The Kier molecular flexibility index (Phi) is 10.8. The molecule has 0 saturated carbocycles. The lowest BCUT2D eigenvalue weighted by molar-refractivity contribution is -0.138. The number of benzene rings is 2. The molecule has 40 heavy (non-hydrogen) atoms. The summed E-state index contributed by atoms with van der Waals surface area (Å²) in [5.74, 6) is -0.952. The van der Waals surface area contributed by atoms with Gasteiger partial charge >= 0.3 is 12.1 Å². The van der Waals surface area contributed by atoms with E-state index in [0.29, 0.717) is 34.9 Å². The van der Waals surface area contributed by atoms with Crippen molar-refractivity contribution in [2.24, 2.45) is 0 Å². The van der Waals surface area contributed by atoms with Gasteiger partial charge in [-0.1, -0.05) is 37.4 Å². The number of rotatable bonds is 13. The number of nitrogens with zero attached hydrogens (tertiary/aromatic N) is 1. The van der Waals surface area contributed by atoms with Gasteiger partial charge in [0.25, 0.3) is 5.91 Å². The van der Waals surface area contributed by atoms with Crippen molar-refractivity contribution in [1.29, 1.82) is 0 Å². The van der Waals surface area contributed by atoms with Gasteiger partial charge in [0.2, 0.25) is 5.88 Å². The van der Waals surface area contributed by atoms with Crippen molar-refractivity contribution in [2.75, 3.05) is 18.5 Å². The molecule has 3 N–H and O–H groups in total. The maximum Gasteiger partial charge on any atom is 0.416 e. The highest BCUT2D eigenvalue weighted by Crippen LogP contribution is 2.36. The largest absolute Gasteiger partial charge is 0.481 e. The number of carbonyl (C=O) groups is 2. The Morgan fingerprint density at radius 1 is 1.07 bits per heavy atom. The zero-order valence-corrected chi connectivity index (χ0v) is 22.9. The molecule has 11 heteroatoms. The summed E-state index contributed by atoms with van der Waals surface area (Å²) in [6, 6.07) is 13.4. The van der Waals surface area contributed by atoms with E-state index in [1.54, 1.807) is 43.3 Å². The fourth-order valence-corrected chi connectivity index (χ4v) is 4.27. The normalized spacial score (nSPS) is 12.1. The Bertz CT molecular complexity index is 1320. The first kappa shape index (κ1) is 30.7. The van der Waals surface area contributed by atoms with E-state index in [0.717, 1.165) is 37.1 Å². The van der Waals surface area contributed by atoms with Crippen molar-refractivity contribution in [3.8, 4) is 17.0 Å². The van der Waals surface area contributed by atoms with Crippen LogP contribution in [-0.2, 0) is 11.0 Å². The van der Waals surface area contributed by atoms with Crippen LogP contribution in [0.1, 0.15) is 54.2 Å². The minimum absolute atomic E-state index is 0.0130. The smallest absolute Gasteiger partial charge is 0.416 e. The van der Waals surface area contributed by atoms with Crippen LogP contribution in [0.3, 0.4) is 0 Å². The molecule has 0 saturated heterocycles. The fraction of sp³-hybridized carbons (Fsp3) is 0.345. The van der Waals surface area contributed by atoms with Gasteiger partial charge in [-0.05, 0) is 55.8 Å². The number of carbonyl (C=O) groups excluding carboxylic acids is 1. The number of carboxylic acids is 1. The molecule has 2 aromatic carbocycles. The monoisotopic (exact) mass is 577 g/mol. The molecule has 1 atom stereocenters. The first-order chi connectivity index (χ1) is 19.0. The quantitative estimate of drug-likeness (QED) is 0.203. The van der Waals surface area contributed by atoms with E-state index < -0.39 is 17.7 Å². The number of pyridine rings is 1. The molecule has 3 aromatic rings. The summed E-state index contributed by atoms with van der Waals surface area (Å²) < 4.78 is 44.9. The molecule has 0 fully saturated rings. The van der Waals surface area contributed by atoms with E-state index in [2.05, 4.69) is 22.5 Å². The third-order valence-corrected chi connectivity index (χ3v) is 6.44. The fourth-order valence-electron chi connectivity index (χ4n) is 3.99. The van der Waals surface area contributed by atoms with Gasteiger partial charge in [-0.25, -0.2) is 4.98 Å². The highest BCUT2D eigenvalue weighted by molar-refractivity contribution is 6.33. The van der Waals surface area contributed by atoms with Crippen LogP contribution in [0.2, 0.25) is 5.02 Å². The van der Waals surface area contributed by atoms with Gasteiger partial charge in [0.1, 0.15) is 6.61 Å². The van der Waals surface area contributed by atoms with E-state index in [-0.39, 0.29) is 29.9 Å². The second kappa shape index (κ2) is 14.0. The third kappa shape index (κ3) is 8.87. The Labute approximate surface area is 235 Å². The lowest BCUT2D eigenvalue weighted by Crippen LogP contribution is -2.28. The first-order valence-electron chi connectivity index (χ1n) is 12.8. The number of aryl methyl sites for hydroxylation is 1. The minimum atomic E-state index is -4.48. The highest BCUT2D eigenvalue weighted by atomic mass is 35.5. The van der Waals surface area contributed by atoms with Crippen molar-refractivity contribution < 1.29 is 32.6 Å². The van der Waals surface area contributed by atoms with Gasteiger partial charge in [0, 0.05) is 45.7 Å². The number of aliphatic carboxylic acids is 1. The maximum absolute atomic E-state index is 13.0. The molecule has 7 nitrogen and oxygen atoms in total. The molecular formula is C29H31ClF3N3O4. The van der Waals surface area contributed by atoms with Crippen LogP contribution in [0.25, 0.3) is 11.1 Å². The van der Waals surface area contributed by atoms with E-state index >= 15 is 0 Å². The Morgan fingerprint density at radius 3 is 2.38 bits per heavy atom. The summed E-state index contributed by atoms with van der Waals surface area (Å²) in [6.07, 6.45) is -1.84. The van der Waals surface area contributed by atoms with Crippen LogP contribution in [0, 0.1) is 6.92 Å². The van der Waals surface area contributed by atoms with Crippen LogP contribution in [0.15, 0.2) is 54.6 Å². The number of carboxylic acid groups (broad SMARTS) is 1. The van der Waals surface area contributed by atoms with Crippen molar-refractivity contribution in [3.63, 3.8) is 0 Å². The summed E-state index contributed by atoms with van der Waals surface area (Å²) in [6.45, 7) is 4.19. The van der Waals surface area contributed by atoms with Crippen LogP contribution >= 0.6 is 11.6 Å². The van der Waals surface area contributed by atoms with Gasteiger partial charge in [-0.3, -0.25) is 9.59 Å². The minimum Gasteiger partial charge on any atom is -0.481 e. The van der Waals surface area contributed by atoms with Gasteiger partial charge in [0.05, 0.1) is 18.0 Å². The second-order valence-electron chi connectivity index (χ2n) is 9.25. The van der Waals surface area contributed by atoms with Gasteiger partial charge in [-0.2, -0.15) is 13.2 Å². The Morgan fingerprint density at radius 2 is 1.77 bits per heavy atom. The average molecular weight is 578 g/mol. The maximum atomic E-state index is 13.0. The summed E-state index contributed by atoms with van der Waals surface area (Å²) in [4.78, 5) is 27.3. The van der Waals surface area contributed by atoms with Crippen LogP contribution in [0.4, 0.5) is 18.9 Å². The topological polar surface area (TPSA) is 101 Å². The zero-order valence-electron chi connectivity index (χ0n) is 22.1. The van der Waals surface area contributed by atoms with E-state index in [9.17, 15) is 22.8 Å². The van der Waals surface area contributed by atoms with Crippen LogP contribution in [0.5, 0.6) is 5.88 Å². The van der Waals surface area contributed by atoms with Gasteiger partial charge in [0.15, 0.2) is 0 Å². The van der Waals surface area contributed by atoms with E-state index in [1.807, 2.05) is 0 Å². The predicted molar refractivity (Wildman–Crippen MR) is 148 cm³/mol. The summed E-state index contributed by atoms with van der Waals surface area (Å²) in [5.41, 5.74) is 2.03. The van der Waals surface area contributed by atoms with Crippen LogP contribution < -0.4 is 15.4 Å². The SMILES string of the molecule is CCCCC(COc1ccc(-c2ccc(C(F)(F)F)cc2Cl)c(C)n1)Nc1ccc(C(=O)NCCC(=O)O)cc1. The molecule has 0 aliphatic carbocycles. The molecule has 3 rings (SSSR count).